The van der Waals surface area contributed by atoms with Gasteiger partial charge in [0.1, 0.15) is 17.3 Å². The highest BCUT2D eigenvalue weighted by molar-refractivity contribution is 6.05. The molecule has 0 fully saturated rings. The zero-order chi connectivity index (χ0) is 22.0. The Morgan fingerprint density at radius 3 is 2.70 bits per heavy atom. The monoisotopic (exact) mass is 414 g/mol. The first-order valence-corrected chi connectivity index (χ1v) is 9.35. The van der Waals surface area contributed by atoms with Gasteiger partial charge in [0.25, 0.3) is 11.5 Å². The fourth-order valence-electron chi connectivity index (χ4n) is 3.00. The second-order valence-corrected chi connectivity index (χ2v) is 7.42. The van der Waals surface area contributed by atoms with Crippen LogP contribution in [0.15, 0.2) is 46.2 Å². The van der Waals surface area contributed by atoms with E-state index in [2.05, 4.69) is 10.4 Å². The van der Waals surface area contributed by atoms with E-state index in [1.54, 1.807) is 12.1 Å². The van der Waals surface area contributed by atoms with Crippen molar-refractivity contribution >= 4 is 17.4 Å². The molecule has 0 atom stereocenters. The van der Waals surface area contributed by atoms with Gasteiger partial charge in [-0.15, -0.1) is 0 Å². The highest BCUT2D eigenvalue weighted by atomic mass is 19.1. The van der Waals surface area contributed by atoms with E-state index in [4.69, 9.17) is 5.73 Å². The van der Waals surface area contributed by atoms with Crippen molar-refractivity contribution in [2.45, 2.75) is 26.9 Å². The van der Waals surface area contributed by atoms with Gasteiger partial charge >= 0.3 is 5.69 Å². The molecule has 0 bridgehead atoms. The third-order valence-electron chi connectivity index (χ3n) is 4.51. The number of carbonyl (C=O) groups excluding carboxylic acids is 1. The van der Waals surface area contributed by atoms with Gasteiger partial charge in [-0.2, -0.15) is 5.10 Å². The molecular formula is C20H23FN6O3. The van der Waals surface area contributed by atoms with Crippen molar-refractivity contribution in [2.24, 2.45) is 13.0 Å². The molecule has 3 aromatic rings. The van der Waals surface area contributed by atoms with Crippen molar-refractivity contribution < 1.29 is 9.18 Å². The van der Waals surface area contributed by atoms with E-state index in [0.29, 0.717) is 5.56 Å². The van der Waals surface area contributed by atoms with Crippen molar-refractivity contribution in [3.05, 3.63) is 74.4 Å². The maximum Gasteiger partial charge on any atom is 0.332 e. The molecule has 0 unspecified atom stereocenters. The van der Waals surface area contributed by atoms with Crippen molar-refractivity contribution in [3.63, 3.8) is 0 Å². The highest BCUT2D eigenvalue weighted by Crippen LogP contribution is 2.13. The zero-order valence-corrected chi connectivity index (χ0v) is 16.9. The average molecular weight is 414 g/mol. The first-order chi connectivity index (χ1) is 14.2. The van der Waals surface area contributed by atoms with E-state index in [9.17, 15) is 18.8 Å². The van der Waals surface area contributed by atoms with Crippen LogP contribution >= 0.6 is 0 Å². The number of aromatic nitrogens is 4. The van der Waals surface area contributed by atoms with E-state index in [1.165, 1.54) is 36.3 Å². The normalized spacial score (nSPS) is 11.1. The van der Waals surface area contributed by atoms with Gasteiger partial charge in [-0.3, -0.25) is 23.4 Å². The van der Waals surface area contributed by atoms with Crippen LogP contribution in [0.5, 0.6) is 0 Å². The third kappa shape index (κ3) is 4.32. The number of benzene rings is 1. The highest BCUT2D eigenvalue weighted by Gasteiger charge is 2.19. The van der Waals surface area contributed by atoms with Crippen LogP contribution in [0.4, 0.5) is 15.9 Å². The van der Waals surface area contributed by atoms with Gasteiger partial charge in [0.15, 0.2) is 0 Å². The van der Waals surface area contributed by atoms with Crippen molar-refractivity contribution in [3.8, 4) is 0 Å². The molecule has 10 heteroatoms. The van der Waals surface area contributed by atoms with E-state index >= 15 is 0 Å². The maximum atomic E-state index is 13.3. The average Bonchev–Trinajstić information content (AvgIpc) is 3.15. The lowest BCUT2D eigenvalue weighted by atomic mass is 10.2. The summed E-state index contributed by atoms with van der Waals surface area (Å²) in [6.07, 6.45) is 2.81. The fraction of sp³-hybridized carbons (Fsp3) is 0.300. The van der Waals surface area contributed by atoms with Gasteiger partial charge in [0.05, 0.1) is 18.3 Å². The molecule has 0 saturated heterocycles. The number of nitrogens with one attached hydrogen (secondary N) is 1. The summed E-state index contributed by atoms with van der Waals surface area (Å²) < 4.78 is 17.0. The van der Waals surface area contributed by atoms with Gasteiger partial charge in [-0.05, 0) is 23.6 Å². The lowest BCUT2D eigenvalue weighted by Gasteiger charge is -2.15. The summed E-state index contributed by atoms with van der Waals surface area (Å²) in [6.45, 7) is 4.20. The third-order valence-corrected chi connectivity index (χ3v) is 4.51. The number of halogens is 1. The summed E-state index contributed by atoms with van der Waals surface area (Å²) in [5, 5.41) is 6.59. The van der Waals surface area contributed by atoms with Crippen molar-refractivity contribution in [2.75, 3.05) is 11.1 Å². The summed E-state index contributed by atoms with van der Waals surface area (Å²) in [4.78, 5) is 37.7. The Balaban J connectivity index is 1.86. The van der Waals surface area contributed by atoms with E-state index in [-0.39, 0.29) is 41.9 Å². The molecule has 0 saturated carbocycles. The second-order valence-electron chi connectivity index (χ2n) is 7.42. The number of nitrogens with two attached hydrogens (primary N) is 1. The molecule has 2 heterocycles. The first-order valence-electron chi connectivity index (χ1n) is 9.35. The Morgan fingerprint density at radius 1 is 1.30 bits per heavy atom. The smallest absolute Gasteiger partial charge is 0.332 e. The number of nitrogens with zero attached hydrogens (tertiary/aromatic N) is 4. The molecule has 30 heavy (non-hydrogen) atoms. The molecule has 0 aliphatic rings. The first kappa shape index (κ1) is 21.0. The van der Waals surface area contributed by atoms with Crippen LogP contribution in [0.2, 0.25) is 0 Å². The molecule has 3 N–H and O–H groups in total. The molecule has 158 valence electrons. The van der Waals surface area contributed by atoms with Gasteiger partial charge in [-0.25, -0.2) is 9.18 Å². The van der Waals surface area contributed by atoms with Gasteiger partial charge in [0, 0.05) is 19.8 Å². The largest absolute Gasteiger partial charge is 0.383 e. The van der Waals surface area contributed by atoms with Crippen LogP contribution in [0.3, 0.4) is 0 Å². The molecule has 1 aromatic carbocycles. The number of hydrogen-bond acceptors (Lipinski definition) is 5. The molecule has 1 amide bonds. The van der Waals surface area contributed by atoms with E-state index in [0.717, 1.165) is 9.13 Å². The molecular weight excluding hydrogens is 391 g/mol. The summed E-state index contributed by atoms with van der Waals surface area (Å²) >= 11 is 0. The minimum Gasteiger partial charge on any atom is -0.383 e. The lowest BCUT2D eigenvalue weighted by molar-refractivity contribution is 0.102. The number of hydrogen-bond donors (Lipinski definition) is 2. The summed E-state index contributed by atoms with van der Waals surface area (Å²) in [6, 6.07) is 6.05. The van der Waals surface area contributed by atoms with Crippen molar-refractivity contribution in [1.29, 1.82) is 0 Å². The van der Waals surface area contributed by atoms with Crippen LogP contribution in [0.25, 0.3) is 0 Å². The molecule has 0 radical (unpaired) electrons. The number of amides is 1. The number of nitrogen functional groups attached to an aromatic ring is 1. The van der Waals surface area contributed by atoms with E-state index in [1.807, 2.05) is 13.8 Å². The van der Waals surface area contributed by atoms with Gasteiger partial charge < -0.3 is 11.1 Å². The number of rotatable bonds is 6. The van der Waals surface area contributed by atoms with Gasteiger partial charge in [0.2, 0.25) is 0 Å². The SMILES string of the molecule is CC(C)Cn1c(=O)c(NC(=O)c2cnn(Cc3cccc(F)c3)c2)c(N)n(C)c1=O. The van der Waals surface area contributed by atoms with Crippen LogP contribution in [0, 0.1) is 11.7 Å². The molecule has 0 spiro atoms. The van der Waals surface area contributed by atoms with Crippen LogP contribution < -0.4 is 22.3 Å². The van der Waals surface area contributed by atoms with E-state index < -0.39 is 17.2 Å². The molecule has 9 nitrogen and oxygen atoms in total. The quantitative estimate of drug-likeness (QED) is 0.633. The fourth-order valence-corrected chi connectivity index (χ4v) is 3.00. The topological polar surface area (TPSA) is 117 Å². The van der Waals surface area contributed by atoms with Gasteiger partial charge in [-0.1, -0.05) is 26.0 Å². The summed E-state index contributed by atoms with van der Waals surface area (Å²) in [7, 11) is 1.43. The predicted octanol–water partition coefficient (Wildman–Crippen LogP) is 1.42. The molecule has 0 aliphatic carbocycles. The Kier molecular flexibility index (Phi) is 5.86. The van der Waals surface area contributed by atoms with Crippen molar-refractivity contribution in [1.82, 2.24) is 18.9 Å². The maximum absolute atomic E-state index is 13.3. The minimum absolute atomic E-state index is 0.0450. The molecule has 2 aromatic heterocycles. The Labute approximate surface area is 171 Å². The number of carbonyl (C=O) groups is 1. The number of anilines is 2. The Morgan fingerprint density at radius 2 is 2.03 bits per heavy atom. The molecule has 3 rings (SSSR count). The second kappa shape index (κ2) is 8.36. The Hall–Kier alpha value is -3.69. The zero-order valence-electron chi connectivity index (χ0n) is 16.9. The summed E-state index contributed by atoms with van der Waals surface area (Å²) in [5.41, 5.74) is 5.41. The van der Waals surface area contributed by atoms with Crippen LogP contribution in [0.1, 0.15) is 29.8 Å². The van der Waals surface area contributed by atoms with Crippen LogP contribution in [-0.2, 0) is 20.1 Å². The predicted molar refractivity (Wildman–Crippen MR) is 111 cm³/mol. The Bertz CT molecular complexity index is 1210. The summed E-state index contributed by atoms with van der Waals surface area (Å²) in [5.74, 6) is -1.05. The lowest BCUT2D eigenvalue weighted by Crippen LogP contribution is -2.42. The van der Waals surface area contributed by atoms with Crippen LogP contribution in [-0.4, -0.2) is 24.8 Å². The standard InChI is InChI=1S/C20H23FN6O3/c1-12(2)9-27-19(29)16(17(22)25(3)20(27)30)24-18(28)14-8-23-26(11-14)10-13-5-4-6-15(21)7-13/h4-8,11-12H,9-10,22H2,1-3H3,(H,24,28). The minimum atomic E-state index is -0.662. The molecule has 0 aliphatic heterocycles.